The molecule has 0 unspecified atom stereocenters. The lowest BCUT2D eigenvalue weighted by atomic mass is 9.88. The third-order valence-electron chi connectivity index (χ3n) is 2.72. The van der Waals surface area contributed by atoms with E-state index < -0.39 is 0 Å². The number of benzene rings is 1. The van der Waals surface area contributed by atoms with Gasteiger partial charge in [0.1, 0.15) is 0 Å². The van der Waals surface area contributed by atoms with Crippen molar-refractivity contribution >= 4 is 0 Å². The fourth-order valence-electron chi connectivity index (χ4n) is 1.93. The number of hydrogen-bond donors (Lipinski definition) is 1. The summed E-state index contributed by atoms with van der Waals surface area (Å²) in [6, 6.07) is 9.25. The van der Waals surface area contributed by atoms with Gasteiger partial charge in [-0.15, -0.1) is 0 Å². The molecule has 0 aliphatic carbocycles. The van der Waals surface area contributed by atoms with Crippen molar-refractivity contribution in [2.75, 3.05) is 6.54 Å². The molecule has 1 heterocycles. The van der Waals surface area contributed by atoms with Crippen LogP contribution in [0.1, 0.15) is 36.9 Å². The molecule has 0 fully saturated rings. The van der Waals surface area contributed by atoms with Gasteiger partial charge in [-0.25, -0.2) is 0 Å². The molecule has 2 atom stereocenters. The molecule has 0 bridgehead atoms. The van der Waals surface area contributed by atoms with Crippen LogP contribution in [0, 0.1) is 0 Å². The smallest absolute Gasteiger partial charge is 0.0294 e. The molecule has 1 N–H and O–H groups in total. The number of fused-ring (bicyclic) bond motifs is 1. The average molecular weight is 161 g/mol. The van der Waals surface area contributed by atoms with E-state index in [0.29, 0.717) is 12.0 Å². The molecule has 0 amide bonds. The maximum absolute atomic E-state index is 3.49. The molecule has 64 valence electrons. The van der Waals surface area contributed by atoms with Crippen LogP contribution in [0.2, 0.25) is 0 Å². The number of nitrogens with one attached hydrogen (secondary N) is 1. The van der Waals surface area contributed by atoms with Gasteiger partial charge in [-0.1, -0.05) is 31.2 Å². The molecule has 0 spiro atoms. The summed E-state index contributed by atoms with van der Waals surface area (Å²) in [4.78, 5) is 0. The lowest BCUT2D eigenvalue weighted by Gasteiger charge is -2.28. The summed E-state index contributed by atoms with van der Waals surface area (Å²) in [5.41, 5.74) is 2.99. The van der Waals surface area contributed by atoms with E-state index in [1.165, 1.54) is 11.1 Å². The van der Waals surface area contributed by atoms with Crippen LogP contribution in [0.4, 0.5) is 0 Å². The quantitative estimate of drug-likeness (QED) is 0.616. The molecule has 1 aliphatic heterocycles. The molecule has 0 radical (unpaired) electrons. The Bertz CT molecular complexity index is 251. The van der Waals surface area contributed by atoms with Crippen molar-refractivity contribution in [2.24, 2.45) is 0 Å². The minimum absolute atomic E-state index is 0.525. The van der Waals surface area contributed by atoms with Crippen LogP contribution in [0.15, 0.2) is 24.3 Å². The summed E-state index contributed by atoms with van der Waals surface area (Å²) in [7, 11) is 0. The molecule has 12 heavy (non-hydrogen) atoms. The van der Waals surface area contributed by atoms with E-state index >= 15 is 0 Å². The minimum atomic E-state index is 0.525. The highest BCUT2D eigenvalue weighted by Crippen LogP contribution is 2.28. The van der Waals surface area contributed by atoms with Crippen molar-refractivity contribution in [3.8, 4) is 0 Å². The minimum Gasteiger partial charge on any atom is -0.310 e. The van der Waals surface area contributed by atoms with Gasteiger partial charge in [-0.3, -0.25) is 0 Å². The Balaban J connectivity index is 2.47. The first-order valence-electron chi connectivity index (χ1n) is 4.61. The molecular formula is C11H15N. The van der Waals surface area contributed by atoms with Gasteiger partial charge in [0.05, 0.1) is 0 Å². The summed E-state index contributed by atoms with van der Waals surface area (Å²) in [5.74, 6) is 0.664. The Labute approximate surface area is 73.8 Å². The van der Waals surface area contributed by atoms with Gasteiger partial charge in [0.25, 0.3) is 0 Å². The molecule has 0 saturated heterocycles. The van der Waals surface area contributed by atoms with E-state index in [1.54, 1.807) is 0 Å². The zero-order valence-electron chi connectivity index (χ0n) is 7.67. The van der Waals surface area contributed by atoms with Crippen LogP contribution < -0.4 is 5.32 Å². The normalized spacial score (nSPS) is 28.2. The maximum atomic E-state index is 3.49. The molecule has 1 aliphatic rings. The Morgan fingerprint density at radius 2 is 1.83 bits per heavy atom. The zero-order chi connectivity index (χ0) is 8.55. The van der Waals surface area contributed by atoms with E-state index in [0.717, 1.165) is 6.54 Å². The molecule has 1 nitrogen and oxygen atoms in total. The molecular weight excluding hydrogens is 146 g/mol. The van der Waals surface area contributed by atoms with Gasteiger partial charge < -0.3 is 5.32 Å². The standard InChI is InChI=1S/C11H15N/c1-8-7-12-9(2)11-6-4-3-5-10(8)11/h3-6,8-9,12H,7H2,1-2H3/t8-,9+/m0/s1. The van der Waals surface area contributed by atoms with Gasteiger partial charge in [-0.05, 0) is 24.0 Å². The Kier molecular flexibility index (Phi) is 1.89. The SMILES string of the molecule is C[C@H]1CN[C@H](C)c2ccccc21. The Morgan fingerprint density at radius 1 is 1.17 bits per heavy atom. The molecule has 0 aromatic heterocycles. The second-order valence-electron chi connectivity index (χ2n) is 3.66. The summed E-state index contributed by atoms with van der Waals surface area (Å²) in [6.45, 7) is 5.61. The molecule has 2 rings (SSSR count). The van der Waals surface area contributed by atoms with Gasteiger partial charge >= 0.3 is 0 Å². The predicted octanol–water partition coefficient (Wildman–Crippen LogP) is 2.45. The molecule has 1 aromatic rings. The van der Waals surface area contributed by atoms with Crippen LogP contribution >= 0.6 is 0 Å². The first-order valence-corrected chi connectivity index (χ1v) is 4.61. The summed E-state index contributed by atoms with van der Waals surface area (Å²) in [6.07, 6.45) is 0. The van der Waals surface area contributed by atoms with E-state index in [2.05, 4.69) is 43.4 Å². The molecule has 1 aromatic carbocycles. The first kappa shape index (κ1) is 7.81. The van der Waals surface area contributed by atoms with Crippen LogP contribution in [-0.2, 0) is 0 Å². The lowest BCUT2D eigenvalue weighted by molar-refractivity contribution is 0.495. The van der Waals surface area contributed by atoms with E-state index in [9.17, 15) is 0 Å². The fraction of sp³-hybridized carbons (Fsp3) is 0.455. The number of rotatable bonds is 0. The predicted molar refractivity (Wildman–Crippen MR) is 51.3 cm³/mol. The first-order chi connectivity index (χ1) is 5.79. The summed E-state index contributed by atoms with van der Waals surface area (Å²) in [5, 5.41) is 3.49. The van der Waals surface area contributed by atoms with Gasteiger partial charge in [0.2, 0.25) is 0 Å². The summed E-state index contributed by atoms with van der Waals surface area (Å²) >= 11 is 0. The Morgan fingerprint density at radius 3 is 2.50 bits per heavy atom. The van der Waals surface area contributed by atoms with Crippen LogP contribution in [0.25, 0.3) is 0 Å². The van der Waals surface area contributed by atoms with Gasteiger partial charge in [0.15, 0.2) is 0 Å². The van der Waals surface area contributed by atoms with Crippen molar-refractivity contribution in [3.05, 3.63) is 35.4 Å². The van der Waals surface area contributed by atoms with Crippen LogP contribution in [-0.4, -0.2) is 6.54 Å². The number of hydrogen-bond acceptors (Lipinski definition) is 1. The monoisotopic (exact) mass is 161 g/mol. The molecule has 1 heteroatoms. The second-order valence-corrected chi connectivity index (χ2v) is 3.66. The second kappa shape index (κ2) is 2.91. The third-order valence-corrected chi connectivity index (χ3v) is 2.72. The van der Waals surface area contributed by atoms with E-state index in [4.69, 9.17) is 0 Å². The summed E-state index contributed by atoms with van der Waals surface area (Å²) < 4.78 is 0. The van der Waals surface area contributed by atoms with Crippen molar-refractivity contribution in [1.82, 2.24) is 5.32 Å². The van der Waals surface area contributed by atoms with Gasteiger partial charge in [0, 0.05) is 12.6 Å². The van der Waals surface area contributed by atoms with Crippen LogP contribution in [0.5, 0.6) is 0 Å². The topological polar surface area (TPSA) is 12.0 Å². The van der Waals surface area contributed by atoms with Crippen LogP contribution in [0.3, 0.4) is 0 Å². The maximum Gasteiger partial charge on any atom is 0.0294 e. The highest BCUT2D eigenvalue weighted by molar-refractivity contribution is 5.34. The molecule has 0 saturated carbocycles. The third kappa shape index (κ3) is 1.14. The highest BCUT2D eigenvalue weighted by Gasteiger charge is 2.19. The fourth-order valence-corrected chi connectivity index (χ4v) is 1.93. The largest absolute Gasteiger partial charge is 0.310 e. The Hall–Kier alpha value is -0.820. The van der Waals surface area contributed by atoms with Gasteiger partial charge in [-0.2, -0.15) is 0 Å². The van der Waals surface area contributed by atoms with Crippen molar-refractivity contribution in [1.29, 1.82) is 0 Å². The zero-order valence-corrected chi connectivity index (χ0v) is 7.67. The highest BCUT2D eigenvalue weighted by atomic mass is 14.9. The average Bonchev–Trinajstić information content (AvgIpc) is 2.12. The lowest BCUT2D eigenvalue weighted by Crippen LogP contribution is -2.30. The van der Waals surface area contributed by atoms with Crippen molar-refractivity contribution in [3.63, 3.8) is 0 Å². The van der Waals surface area contributed by atoms with E-state index in [1.807, 2.05) is 0 Å². The van der Waals surface area contributed by atoms with E-state index in [-0.39, 0.29) is 0 Å². The van der Waals surface area contributed by atoms with Crippen molar-refractivity contribution < 1.29 is 0 Å². The van der Waals surface area contributed by atoms with Crippen molar-refractivity contribution in [2.45, 2.75) is 25.8 Å².